The second-order valence-electron chi connectivity index (χ2n) is 3.59. The zero-order valence-electron chi connectivity index (χ0n) is 9.88. The molecule has 1 atom stereocenters. The molecule has 1 heterocycles. The quantitative estimate of drug-likeness (QED) is 0.486. The van der Waals surface area contributed by atoms with E-state index in [2.05, 4.69) is 16.2 Å². The number of anilines is 1. The molecule has 0 aliphatic carbocycles. The summed E-state index contributed by atoms with van der Waals surface area (Å²) in [4.78, 5) is 13.9. The molecule has 18 heavy (non-hydrogen) atoms. The number of hydrogen-bond donors (Lipinski definition) is 1. The van der Waals surface area contributed by atoms with Gasteiger partial charge in [-0.2, -0.15) is 5.26 Å². The van der Waals surface area contributed by atoms with Gasteiger partial charge in [-0.15, -0.1) is 12.3 Å². The zero-order valence-corrected chi connectivity index (χ0v) is 9.88. The average Bonchev–Trinajstić information content (AvgIpc) is 2.37. The largest absolute Gasteiger partial charge is 0.366 e. The van der Waals surface area contributed by atoms with Gasteiger partial charge in [0.15, 0.2) is 0 Å². The van der Waals surface area contributed by atoms with Crippen LogP contribution in [0.2, 0.25) is 0 Å². The number of nitro groups is 1. The highest BCUT2D eigenvalue weighted by Gasteiger charge is 2.16. The molecule has 1 N–H and O–H groups in total. The summed E-state index contributed by atoms with van der Waals surface area (Å²) in [6.45, 7) is 1.96. The van der Waals surface area contributed by atoms with Crippen LogP contribution in [0.4, 0.5) is 11.5 Å². The molecule has 0 amide bonds. The van der Waals surface area contributed by atoms with Gasteiger partial charge in [0.2, 0.25) is 5.69 Å². The Morgan fingerprint density at radius 3 is 2.89 bits per heavy atom. The highest BCUT2D eigenvalue weighted by molar-refractivity contribution is 5.50. The number of rotatable bonds is 5. The van der Waals surface area contributed by atoms with Gasteiger partial charge in [-0.05, 0) is 12.5 Å². The summed E-state index contributed by atoms with van der Waals surface area (Å²) >= 11 is 0. The SMILES string of the molecule is C#CCC(CC)Nc1ccc([N+](=O)[O-])c(C#N)n1. The van der Waals surface area contributed by atoms with E-state index in [4.69, 9.17) is 11.7 Å². The number of nitrogens with one attached hydrogen (secondary N) is 1. The fourth-order valence-corrected chi connectivity index (χ4v) is 1.41. The van der Waals surface area contributed by atoms with E-state index in [1.807, 2.05) is 6.92 Å². The van der Waals surface area contributed by atoms with Crippen LogP contribution in [0.15, 0.2) is 12.1 Å². The van der Waals surface area contributed by atoms with Crippen molar-refractivity contribution >= 4 is 11.5 Å². The molecule has 1 aromatic heterocycles. The molecule has 0 saturated heterocycles. The molecular weight excluding hydrogens is 232 g/mol. The van der Waals surface area contributed by atoms with Crippen molar-refractivity contribution in [2.45, 2.75) is 25.8 Å². The molecule has 6 heteroatoms. The Kier molecular flexibility index (Phi) is 4.65. The Balaban J connectivity index is 2.97. The maximum Gasteiger partial charge on any atom is 0.305 e. The van der Waals surface area contributed by atoms with Crippen LogP contribution in [0, 0.1) is 33.8 Å². The Labute approximate surface area is 105 Å². The molecule has 0 spiro atoms. The third-order valence-electron chi connectivity index (χ3n) is 2.39. The summed E-state index contributed by atoms with van der Waals surface area (Å²) in [5.41, 5.74) is -0.506. The standard InChI is InChI=1S/C12H12N4O2/c1-3-5-9(4-2)14-12-7-6-11(16(17)18)10(8-13)15-12/h1,6-7,9H,4-5H2,2H3,(H,14,15). The van der Waals surface area contributed by atoms with E-state index in [1.54, 1.807) is 6.07 Å². The maximum atomic E-state index is 10.6. The first kappa shape index (κ1) is 13.5. The minimum Gasteiger partial charge on any atom is -0.366 e. The molecule has 0 radical (unpaired) electrons. The molecule has 1 rings (SSSR count). The Morgan fingerprint density at radius 1 is 1.67 bits per heavy atom. The van der Waals surface area contributed by atoms with Gasteiger partial charge in [-0.3, -0.25) is 10.1 Å². The lowest BCUT2D eigenvalue weighted by atomic mass is 10.1. The van der Waals surface area contributed by atoms with Gasteiger partial charge in [0, 0.05) is 18.5 Å². The predicted octanol–water partition coefficient (Wildman–Crippen LogP) is 2.08. The highest BCUT2D eigenvalue weighted by atomic mass is 16.6. The van der Waals surface area contributed by atoms with Gasteiger partial charge in [0.1, 0.15) is 11.9 Å². The van der Waals surface area contributed by atoms with Gasteiger partial charge in [-0.1, -0.05) is 6.92 Å². The Hall–Kier alpha value is -2.60. The van der Waals surface area contributed by atoms with Crippen LogP contribution in [0.25, 0.3) is 0 Å². The number of nitrogens with zero attached hydrogens (tertiary/aromatic N) is 3. The van der Waals surface area contributed by atoms with Gasteiger partial charge < -0.3 is 5.32 Å². The van der Waals surface area contributed by atoms with Crippen molar-refractivity contribution in [2.75, 3.05) is 5.32 Å². The third kappa shape index (κ3) is 3.19. The van der Waals surface area contributed by atoms with E-state index in [-0.39, 0.29) is 17.4 Å². The van der Waals surface area contributed by atoms with Gasteiger partial charge in [0.25, 0.3) is 0 Å². The van der Waals surface area contributed by atoms with Crippen molar-refractivity contribution in [2.24, 2.45) is 0 Å². The van der Waals surface area contributed by atoms with Crippen molar-refractivity contribution in [1.29, 1.82) is 5.26 Å². The minimum atomic E-state index is -0.631. The molecule has 0 aromatic carbocycles. The van der Waals surface area contributed by atoms with Crippen LogP contribution in [0.1, 0.15) is 25.5 Å². The Morgan fingerprint density at radius 2 is 2.39 bits per heavy atom. The van der Waals surface area contributed by atoms with Crippen LogP contribution in [-0.4, -0.2) is 15.9 Å². The molecule has 92 valence electrons. The summed E-state index contributed by atoms with van der Waals surface area (Å²) in [7, 11) is 0. The van der Waals surface area contributed by atoms with Crippen molar-refractivity contribution in [3.8, 4) is 18.4 Å². The fourth-order valence-electron chi connectivity index (χ4n) is 1.41. The number of hydrogen-bond acceptors (Lipinski definition) is 5. The summed E-state index contributed by atoms with van der Waals surface area (Å²) < 4.78 is 0. The minimum absolute atomic E-state index is 0.0375. The lowest BCUT2D eigenvalue weighted by molar-refractivity contribution is -0.385. The van der Waals surface area contributed by atoms with Crippen LogP contribution in [0.5, 0.6) is 0 Å². The lowest BCUT2D eigenvalue weighted by Crippen LogP contribution is -2.18. The van der Waals surface area contributed by atoms with Crippen LogP contribution >= 0.6 is 0 Å². The number of pyridine rings is 1. The van der Waals surface area contributed by atoms with E-state index in [0.717, 1.165) is 6.42 Å². The lowest BCUT2D eigenvalue weighted by Gasteiger charge is -2.14. The molecule has 0 bridgehead atoms. The second kappa shape index (κ2) is 6.21. The second-order valence-corrected chi connectivity index (χ2v) is 3.59. The zero-order chi connectivity index (χ0) is 13.5. The van der Waals surface area contributed by atoms with Crippen LogP contribution in [0.3, 0.4) is 0 Å². The van der Waals surface area contributed by atoms with Crippen LogP contribution < -0.4 is 5.32 Å². The first-order valence-electron chi connectivity index (χ1n) is 5.37. The van der Waals surface area contributed by atoms with E-state index >= 15 is 0 Å². The van der Waals surface area contributed by atoms with Gasteiger partial charge in [0.05, 0.1) is 4.92 Å². The first-order valence-corrected chi connectivity index (χ1v) is 5.37. The molecule has 0 aliphatic heterocycles. The van der Waals surface area contributed by atoms with Gasteiger partial charge in [-0.25, -0.2) is 4.98 Å². The van der Waals surface area contributed by atoms with E-state index in [0.29, 0.717) is 12.2 Å². The average molecular weight is 244 g/mol. The molecule has 0 aliphatic rings. The maximum absolute atomic E-state index is 10.6. The van der Waals surface area contributed by atoms with Crippen molar-refractivity contribution in [3.05, 3.63) is 27.9 Å². The van der Waals surface area contributed by atoms with Crippen molar-refractivity contribution < 1.29 is 4.92 Å². The molecular formula is C12H12N4O2. The predicted molar refractivity (Wildman–Crippen MR) is 66.8 cm³/mol. The third-order valence-corrected chi connectivity index (χ3v) is 2.39. The number of nitriles is 1. The van der Waals surface area contributed by atoms with E-state index in [1.165, 1.54) is 12.1 Å². The number of terminal acetylenes is 1. The topological polar surface area (TPSA) is 91.9 Å². The smallest absolute Gasteiger partial charge is 0.305 e. The molecule has 1 aromatic rings. The van der Waals surface area contributed by atoms with Crippen LogP contribution in [-0.2, 0) is 0 Å². The first-order chi connectivity index (χ1) is 8.62. The van der Waals surface area contributed by atoms with Crippen molar-refractivity contribution in [3.63, 3.8) is 0 Å². The fraction of sp³-hybridized carbons (Fsp3) is 0.333. The number of aromatic nitrogens is 1. The Bertz CT molecular complexity index is 528. The summed E-state index contributed by atoms with van der Waals surface area (Å²) in [6.07, 6.45) is 6.55. The molecule has 6 nitrogen and oxygen atoms in total. The summed E-state index contributed by atoms with van der Waals surface area (Å²) in [5, 5.41) is 22.5. The molecule has 0 saturated carbocycles. The molecule has 1 unspecified atom stereocenters. The monoisotopic (exact) mass is 244 g/mol. The van der Waals surface area contributed by atoms with E-state index in [9.17, 15) is 10.1 Å². The molecule has 0 fully saturated rings. The normalized spacial score (nSPS) is 11.1. The highest BCUT2D eigenvalue weighted by Crippen LogP contribution is 2.19. The summed E-state index contributed by atoms with van der Waals surface area (Å²) in [6, 6.07) is 4.48. The summed E-state index contributed by atoms with van der Waals surface area (Å²) in [5.74, 6) is 2.95. The van der Waals surface area contributed by atoms with Gasteiger partial charge >= 0.3 is 5.69 Å². The van der Waals surface area contributed by atoms with E-state index < -0.39 is 4.92 Å². The van der Waals surface area contributed by atoms with Crippen molar-refractivity contribution in [1.82, 2.24) is 4.98 Å².